The van der Waals surface area contributed by atoms with Gasteiger partial charge >= 0.3 is 0 Å². The lowest BCUT2D eigenvalue weighted by molar-refractivity contribution is 0.0958. The van der Waals surface area contributed by atoms with Crippen molar-refractivity contribution in [3.05, 3.63) is 63.6 Å². The molecule has 118 valence electrons. The molecule has 0 saturated heterocycles. The summed E-state index contributed by atoms with van der Waals surface area (Å²) < 4.78 is 2.41. The van der Waals surface area contributed by atoms with Gasteiger partial charge in [0.15, 0.2) is 0 Å². The molecule has 1 amide bonds. The summed E-state index contributed by atoms with van der Waals surface area (Å²) in [4.78, 5) is 12.6. The number of aryl methyl sites for hydroxylation is 1. The quantitative estimate of drug-likeness (QED) is 0.765. The Labute approximate surface area is 143 Å². The molecule has 0 aliphatic carbocycles. The second-order valence-electron chi connectivity index (χ2n) is 5.21. The van der Waals surface area contributed by atoms with Crippen molar-refractivity contribution >= 4 is 28.8 Å². The molecule has 23 heavy (non-hydrogen) atoms. The van der Waals surface area contributed by atoms with Crippen LogP contribution in [0.2, 0.25) is 4.34 Å². The van der Waals surface area contributed by atoms with Crippen molar-refractivity contribution in [1.82, 2.24) is 15.1 Å². The van der Waals surface area contributed by atoms with Crippen LogP contribution < -0.4 is 5.32 Å². The number of rotatable bonds is 5. The Morgan fingerprint density at radius 2 is 2.00 bits per heavy atom. The van der Waals surface area contributed by atoms with Gasteiger partial charge in [-0.1, -0.05) is 35.9 Å². The van der Waals surface area contributed by atoms with Crippen molar-refractivity contribution in [3.63, 3.8) is 0 Å². The average Bonchev–Trinajstić information content (AvgIpc) is 3.16. The van der Waals surface area contributed by atoms with Crippen molar-refractivity contribution in [2.45, 2.75) is 6.42 Å². The number of carbonyl (C=O) groups is 1. The van der Waals surface area contributed by atoms with Gasteiger partial charge in [0.05, 0.1) is 15.4 Å². The SMILES string of the molecule is Cn1cc(-c2ccc(CCNC(=O)c3ccc(Cl)s3)cc2)cn1. The van der Waals surface area contributed by atoms with Crippen molar-refractivity contribution in [2.24, 2.45) is 7.05 Å². The third-order valence-corrected chi connectivity index (χ3v) is 4.72. The standard InChI is InChI=1S/C17H16ClN3OS/c1-21-11-14(10-20-21)13-4-2-12(3-5-13)8-9-19-17(22)15-6-7-16(18)23-15/h2-7,10-11H,8-9H2,1H3,(H,19,22). The maximum absolute atomic E-state index is 11.9. The summed E-state index contributed by atoms with van der Waals surface area (Å²) >= 11 is 7.12. The van der Waals surface area contributed by atoms with E-state index >= 15 is 0 Å². The zero-order valence-corrected chi connectivity index (χ0v) is 14.2. The molecule has 2 heterocycles. The first kappa shape index (κ1) is 15.8. The first-order chi connectivity index (χ1) is 11.1. The lowest BCUT2D eigenvalue weighted by Gasteiger charge is -2.05. The number of nitrogens with zero attached hydrogens (tertiary/aromatic N) is 2. The zero-order chi connectivity index (χ0) is 16.2. The van der Waals surface area contributed by atoms with E-state index in [1.54, 1.807) is 16.8 Å². The second kappa shape index (κ2) is 6.98. The van der Waals surface area contributed by atoms with Crippen molar-refractivity contribution in [3.8, 4) is 11.1 Å². The molecule has 0 fully saturated rings. The van der Waals surface area contributed by atoms with Gasteiger partial charge in [-0.05, 0) is 29.7 Å². The van der Waals surface area contributed by atoms with Crippen LogP contribution in [0.1, 0.15) is 15.2 Å². The van der Waals surface area contributed by atoms with Crippen molar-refractivity contribution < 1.29 is 4.79 Å². The van der Waals surface area contributed by atoms with Crippen LogP contribution in [0.25, 0.3) is 11.1 Å². The van der Waals surface area contributed by atoms with E-state index in [4.69, 9.17) is 11.6 Å². The van der Waals surface area contributed by atoms with E-state index in [1.807, 2.05) is 19.4 Å². The molecule has 0 bridgehead atoms. The number of carbonyl (C=O) groups excluding carboxylic acids is 1. The fourth-order valence-corrected chi connectivity index (χ4v) is 3.24. The molecule has 2 aromatic heterocycles. The molecule has 3 aromatic rings. The predicted octanol–water partition coefficient (Wildman–Crippen LogP) is 3.77. The van der Waals surface area contributed by atoms with Gasteiger partial charge in [0.1, 0.15) is 0 Å². The van der Waals surface area contributed by atoms with Gasteiger partial charge in [-0.15, -0.1) is 11.3 Å². The van der Waals surface area contributed by atoms with Gasteiger partial charge in [0, 0.05) is 25.4 Å². The van der Waals surface area contributed by atoms with E-state index in [9.17, 15) is 4.79 Å². The van der Waals surface area contributed by atoms with Crippen LogP contribution in [0.4, 0.5) is 0 Å². The van der Waals surface area contributed by atoms with Gasteiger partial charge in [0.2, 0.25) is 0 Å². The highest BCUT2D eigenvalue weighted by Crippen LogP contribution is 2.21. The first-order valence-electron chi connectivity index (χ1n) is 7.23. The number of nitrogens with one attached hydrogen (secondary N) is 1. The van der Waals surface area contributed by atoms with Crippen LogP contribution in [-0.4, -0.2) is 22.2 Å². The molecule has 0 spiro atoms. The second-order valence-corrected chi connectivity index (χ2v) is 6.92. The van der Waals surface area contributed by atoms with E-state index in [1.165, 1.54) is 16.9 Å². The van der Waals surface area contributed by atoms with Gasteiger partial charge in [-0.2, -0.15) is 5.10 Å². The highest BCUT2D eigenvalue weighted by molar-refractivity contribution is 7.17. The molecule has 0 unspecified atom stereocenters. The molecular weight excluding hydrogens is 330 g/mol. The third-order valence-electron chi connectivity index (χ3n) is 3.49. The Morgan fingerprint density at radius 1 is 1.22 bits per heavy atom. The summed E-state index contributed by atoms with van der Waals surface area (Å²) in [6, 6.07) is 11.8. The minimum atomic E-state index is -0.0751. The van der Waals surface area contributed by atoms with Gasteiger partial charge < -0.3 is 5.32 Å². The molecule has 0 saturated carbocycles. The molecule has 6 heteroatoms. The Morgan fingerprint density at radius 3 is 2.61 bits per heavy atom. The topological polar surface area (TPSA) is 46.9 Å². The number of halogens is 1. The predicted molar refractivity (Wildman–Crippen MR) is 94.0 cm³/mol. The number of thiophene rings is 1. The van der Waals surface area contributed by atoms with Crippen LogP contribution >= 0.6 is 22.9 Å². The molecule has 4 nitrogen and oxygen atoms in total. The minimum Gasteiger partial charge on any atom is -0.351 e. The van der Waals surface area contributed by atoms with Gasteiger partial charge in [-0.3, -0.25) is 9.48 Å². The number of benzene rings is 1. The highest BCUT2D eigenvalue weighted by atomic mass is 35.5. The summed E-state index contributed by atoms with van der Waals surface area (Å²) in [5.74, 6) is -0.0751. The van der Waals surface area contributed by atoms with Crippen LogP contribution in [0.15, 0.2) is 48.8 Å². The Bertz CT molecular complexity index is 807. The van der Waals surface area contributed by atoms with E-state index in [0.29, 0.717) is 15.8 Å². The molecule has 1 aromatic carbocycles. The largest absolute Gasteiger partial charge is 0.351 e. The lowest BCUT2D eigenvalue weighted by Crippen LogP contribution is -2.24. The van der Waals surface area contributed by atoms with Crippen LogP contribution in [0, 0.1) is 0 Å². The Balaban J connectivity index is 1.53. The zero-order valence-electron chi connectivity index (χ0n) is 12.6. The maximum atomic E-state index is 11.9. The third kappa shape index (κ3) is 4.00. The van der Waals surface area contributed by atoms with Crippen molar-refractivity contribution in [1.29, 1.82) is 0 Å². The molecular formula is C17H16ClN3OS. The normalized spacial score (nSPS) is 10.7. The summed E-state index contributed by atoms with van der Waals surface area (Å²) in [5.41, 5.74) is 3.42. The molecule has 0 radical (unpaired) electrons. The van der Waals surface area contributed by atoms with E-state index < -0.39 is 0 Å². The average molecular weight is 346 g/mol. The van der Waals surface area contributed by atoms with Crippen LogP contribution in [-0.2, 0) is 13.5 Å². The van der Waals surface area contributed by atoms with E-state index in [-0.39, 0.29) is 5.91 Å². The molecule has 3 rings (SSSR count). The summed E-state index contributed by atoms with van der Waals surface area (Å²) in [5, 5.41) is 7.09. The van der Waals surface area contributed by atoms with Crippen LogP contribution in [0.5, 0.6) is 0 Å². The molecule has 0 aliphatic rings. The number of hydrogen-bond acceptors (Lipinski definition) is 3. The minimum absolute atomic E-state index is 0.0751. The van der Waals surface area contributed by atoms with Crippen molar-refractivity contribution in [2.75, 3.05) is 6.54 Å². The fourth-order valence-electron chi connectivity index (χ4n) is 2.28. The fraction of sp³-hybridized carbons (Fsp3) is 0.176. The molecule has 1 N–H and O–H groups in total. The molecule has 0 atom stereocenters. The Hall–Kier alpha value is -2.11. The smallest absolute Gasteiger partial charge is 0.261 e. The first-order valence-corrected chi connectivity index (χ1v) is 8.43. The van der Waals surface area contributed by atoms with E-state index in [0.717, 1.165) is 17.5 Å². The number of hydrogen-bond donors (Lipinski definition) is 1. The lowest BCUT2D eigenvalue weighted by atomic mass is 10.1. The molecule has 0 aliphatic heterocycles. The van der Waals surface area contributed by atoms with Gasteiger partial charge in [0.25, 0.3) is 5.91 Å². The highest BCUT2D eigenvalue weighted by Gasteiger charge is 2.07. The maximum Gasteiger partial charge on any atom is 0.261 e. The summed E-state index contributed by atoms with van der Waals surface area (Å²) in [6.45, 7) is 0.598. The number of aromatic nitrogens is 2. The number of amides is 1. The van der Waals surface area contributed by atoms with E-state index in [2.05, 4.69) is 34.7 Å². The Kier molecular flexibility index (Phi) is 4.79. The summed E-state index contributed by atoms with van der Waals surface area (Å²) in [7, 11) is 1.90. The summed E-state index contributed by atoms with van der Waals surface area (Å²) in [6.07, 6.45) is 4.63. The van der Waals surface area contributed by atoms with Crippen LogP contribution in [0.3, 0.4) is 0 Å². The monoisotopic (exact) mass is 345 g/mol. The van der Waals surface area contributed by atoms with Gasteiger partial charge in [-0.25, -0.2) is 0 Å².